The molecule has 1 rings (SSSR count). The summed E-state index contributed by atoms with van der Waals surface area (Å²) in [6.07, 6.45) is 2.22. The number of hydrogen-bond acceptors (Lipinski definition) is 2. The maximum atomic E-state index is 5.56. The second kappa shape index (κ2) is 5.68. The summed E-state index contributed by atoms with van der Waals surface area (Å²) in [4.78, 5) is 0. The van der Waals surface area contributed by atoms with Crippen LogP contribution in [-0.2, 0) is 0 Å². The van der Waals surface area contributed by atoms with Crippen molar-refractivity contribution in [2.45, 2.75) is 32.7 Å². The molecule has 1 aromatic rings. The van der Waals surface area contributed by atoms with Gasteiger partial charge in [-0.05, 0) is 47.1 Å². The molecule has 0 bridgehead atoms. The normalized spacial score (nSPS) is 12.9. The van der Waals surface area contributed by atoms with E-state index in [1.807, 2.05) is 0 Å². The van der Waals surface area contributed by atoms with Crippen LogP contribution in [-0.4, -0.2) is 0 Å². The number of nitrogens with two attached hydrogens (primary N) is 1. The van der Waals surface area contributed by atoms with Crippen molar-refractivity contribution in [3.8, 4) is 0 Å². The quantitative estimate of drug-likeness (QED) is 0.510. The van der Waals surface area contributed by atoms with Crippen molar-refractivity contribution >= 4 is 22.6 Å². The highest BCUT2D eigenvalue weighted by Crippen LogP contribution is 2.25. The van der Waals surface area contributed by atoms with Gasteiger partial charge in [-0.2, -0.15) is 0 Å². The topological polar surface area (TPSA) is 38.0 Å². The Balaban J connectivity index is 2.97. The van der Waals surface area contributed by atoms with E-state index in [4.69, 9.17) is 5.84 Å². The van der Waals surface area contributed by atoms with Gasteiger partial charge >= 0.3 is 0 Å². The summed E-state index contributed by atoms with van der Waals surface area (Å²) in [5.74, 6) is 5.56. The summed E-state index contributed by atoms with van der Waals surface area (Å²) in [5.41, 5.74) is 5.52. The van der Waals surface area contributed by atoms with E-state index in [9.17, 15) is 0 Å². The largest absolute Gasteiger partial charge is 0.271 e. The number of nitrogens with one attached hydrogen (secondary N) is 1. The Morgan fingerprint density at radius 3 is 2.79 bits per heavy atom. The third-order valence-corrected chi connectivity index (χ3v) is 3.85. The summed E-state index contributed by atoms with van der Waals surface area (Å²) < 4.78 is 1.32. The monoisotopic (exact) mass is 304 g/mol. The molecule has 1 unspecified atom stereocenters. The van der Waals surface area contributed by atoms with E-state index in [1.54, 1.807) is 0 Å². The summed E-state index contributed by atoms with van der Waals surface area (Å²) in [6, 6.07) is 6.65. The molecule has 0 heterocycles. The van der Waals surface area contributed by atoms with E-state index in [0.29, 0.717) is 0 Å². The van der Waals surface area contributed by atoms with Crippen molar-refractivity contribution in [1.82, 2.24) is 5.43 Å². The van der Waals surface area contributed by atoms with Gasteiger partial charge in [-0.15, -0.1) is 0 Å². The first-order valence-electron chi connectivity index (χ1n) is 4.91. The minimum atomic E-state index is 0.284. The summed E-state index contributed by atoms with van der Waals surface area (Å²) in [6.45, 7) is 4.30. The minimum Gasteiger partial charge on any atom is -0.271 e. The first-order valence-corrected chi connectivity index (χ1v) is 5.99. The van der Waals surface area contributed by atoms with Crippen LogP contribution < -0.4 is 11.3 Å². The molecular formula is C11H17IN2. The molecule has 0 saturated carbocycles. The van der Waals surface area contributed by atoms with Crippen molar-refractivity contribution in [3.05, 3.63) is 32.9 Å². The smallest absolute Gasteiger partial charge is 0.0470 e. The number of aryl methyl sites for hydroxylation is 1. The predicted octanol–water partition coefficient (Wildman–Crippen LogP) is 2.90. The van der Waals surface area contributed by atoms with Gasteiger partial charge < -0.3 is 0 Å². The van der Waals surface area contributed by atoms with E-state index < -0.39 is 0 Å². The van der Waals surface area contributed by atoms with Crippen LogP contribution in [0, 0.1) is 10.5 Å². The number of hydrogen-bond donors (Lipinski definition) is 2. The Hall–Kier alpha value is -0.130. The van der Waals surface area contributed by atoms with E-state index in [-0.39, 0.29) is 6.04 Å². The van der Waals surface area contributed by atoms with Crippen molar-refractivity contribution in [2.24, 2.45) is 5.84 Å². The maximum Gasteiger partial charge on any atom is 0.0470 e. The molecule has 1 atom stereocenters. The van der Waals surface area contributed by atoms with Crippen LogP contribution in [0.5, 0.6) is 0 Å². The standard InChI is InChI=1S/C11H17IN2/c1-3-5-10(14-13)9-7-4-6-8(2)11(9)12/h4,6-7,10,14H,3,5,13H2,1-2H3. The van der Waals surface area contributed by atoms with Crippen molar-refractivity contribution in [3.63, 3.8) is 0 Å². The molecule has 0 aliphatic rings. The molecule has 0 radical (unpaired) electrons. The molecule has 0 amide bonds. The van der Waals surface area contributed by atoms with Crippen LogP contribution in [0.25, 0.3) is 0 Å². The first kappa shape index (κ1) is 11.9. The zero-order valence-corrected chi connectivity index (χ0v) is 10.8. The molecule has 14 heavy (non-hydrogen) atoms. The summed E-state index contributed by atoms with van der Waals surface area (Å²) in [5, 5.41) is 0. The van der Waals surface area contributed by atoms with Gasteiger partial charge in [0.1, 0.15) is 0 Å². The maximum absolute atomic E-state index is 5.56. The molecule has 0 spiro atoms. The molecule has 1 aromatic carbocycles. The van der Waals surface area contributed by atoms with E-state index in [0.717, 1.165) is 12.8 Å². The molecule has 3 heteroatoms. The minimum absolute atomic E-state index is 0.284. The Bertz CT molecular complexity index is 299. The SMILES string of the molecule is CCCC(NN)c1cccc(C)c1I. The summed E-state index contributed by atoms with van der Waals surface area (Å²) in [7, 11) is 0. The molecule has 3 N–H and O–H groups in total. The predicted molar refractivity (Wildman–Crippen MR) is 68.9 cm³/mol. The van der Waals surface area contributed by atoms with Gasteiger partial charge in [0.25, 0.3) is 0 Å². The van der Waals surface area contributed by atoms with Gasteiger partial charge in [0.15, 0.2) is 0 Å². The van der Waals surface area contributed by atoms with Gasteiger partial charge in [-0.25, -0.2) is 0 Å². The third kappa shape index (κ3) is 2.68. The lowest BCUT2D eigenvalue weighted by molar-refractivity contribution is 0.508. The van der Waals surface area contributed by atoms with Crippen molar-refractivity contribution in [2.75, 3.05) is 0 Å². The van der Waals surface area contributed by atoms with E-state index in [2.05, 4.69) is 60.1 Å². The van der Waals surface area contributed by atoms with Gasteiger partial charge in [0, 0.05) is 9.61 Å². The van der Waals surface area contributed by atoms with Crippen LogP contribution >= 0.6 is 22.6 Å². The van der Waals surface area contributed by atoms with Gasteiger partial charge in [-0.3, -0.25) is 11.3 Å². The van der Waals surface area contributed by atoms with E-state index >= 15 is 0 Å². The second-order valence-electron chi connectivity index (χ2n) is 3.49. The van der Waals surface area contributed by atoms with Crippen LogP contribution in [0.15, 0.2) is 18.2 Å². The van der Waals surface area contributed by atoms with Crippen molar-refractivity contribution in [1.29, 1.82) is 0 Å². The molecule has 78 valence electrons. The van der Waals surface area contributed by atoms with Crippen molar-refractivity contribution < 1.29 is 0 Å². The average molecular weight is 304 g/mol. The molecule has 2 nitrogen and oxygen atoms in total. The first-order chi connectivity index (χ1) is 6.70. The number of rotatable bonds is 4. The van der Waals surface area contributed by atoms with Gasteiger partial charge in [0.2, 0.25) is 0 Å². The third-order valence-electron chi connectivity index (χ3n) is 2.38. The fourth-order valence-electron chi connectivity index (χ4n) is 1.56. The fourth-order valence-corrected chi connectivity index (χ4v) is 2.29. The fraction of sp³-hybridized carbons (Fsp3) is 0.455. The lowest BCUT2D eigenvalue weighted by Gasteiger charge is -2.17. The lowest BCUT2D eigenvalue weighted by atomic mass is 10.0. The Kier molecular flexibility index (Phi) is 4.84. The Morgan fingerprint density at radius 1 is 1.50 bits per heavy atom. The molecule has 0 aliphatic carbocycles. The highest BCUT2D eigenvalue weighted by Gasteiger charge is 2.12. The zero-order valence-electron chi connectivity index (χ0n) is 8.68. The average Bonchev–Trinajstić information content (AvgIpc) is 2.19. The van der Waals surface area contributed by atoms with Gasteiger partial charge in [0.05, 0.1) is 0 Å². The lowest BCUT2D eigenvalue weighted by Crippen LogP contribution is -2.28. The number of benzene rings is 1. The molecule has 0 fully saturated rings. The van der Waals surface area contributed by atoms with Crippen LogP contribution in [0.2, 0.25) is 0 Å². The van der Waals surface area contributed by atoms with Crippen LogP contribution in [0.1, 0.15) is 36.9 Å². The summed E-state index contributed by atoms with van der Waals surface area (Å²) >= 11 is 2.39. The van der Waals surface area contributed by atoms with Crippen LogP contribution in [0.4, 0.5) is 0 Å². The second-order valence-corrected chi connectivity index (χ2v) is 4.56. The number of hydrazine groups is 1. The van der Waals surface area contributed by atoms with Gasteiger partial charge in [-0.1, -0.05) is 31.5 Å². The highest BCUT2D eigenvalue weighted by atomic mass is 127. The van der Waals surface area contributed by atoms with E-state index in [1.165, 1.54) is 14.7 Å². The molecule has 0 aliphatic heterocycles. The number of halogens is 1. The highest BCUT2D eigenvalue weighted by molar-refractivity contribution is 14.1. The zero-order chi connectivity index (χ0) is 10.6. The molecular weight excluding hydrogens is 287 g/mol. The molecule has 0 saturated heterocycles. The molecule has 0 aromatic heterocycles. The van der Waals surface area contributed by atoms with Crippen LogP contribution in [0.3, 0.4) is 0 Å². The Morgan fingerprint density at radius 2 is 2.21 bits per heavy atom. The Labute approximate surface area is 99.4 Å².